The van der Waals surface area contributed by atoms with Crippen LogP contribution in [0.15, 0.2) is 24.3 Å². The molecule has 4 nitrogen and oxygen atoms in total. The van der Waals surface area contributed by atoms with Gasteiger partial charge in [0.15, 0.2) is 0 Å². The number of hydrogen-bond donors (Lipinski definition) is 1. The maximum Gasteiger partial charge on any atom is 0.410 e. The van der Waals surface area contributed by atoms with Crippen LogP contribution < -0.4 is 5.73 Å². The van der Waals surface area contributed by atoms with Crippen molar-refractivity contribution >= 4 is 11.8 Å². The van der Waals surface area contributed by atoms with Gasteiger partial charge in [-0.3, -0.25) is 4.90 Å². The fourth-order valence-electron chi connectivity index (χ4n) is 2.34. The van der Waals surface area contributed by atoms with Gasteiger partial charge < -0.3 is 10.5 Å². The largest absolute Gasteiger partial charge is 0.444 e. The molecule has 0 bridgehead atoms. The molecule has 0 aliphatic carbocycles. The first-order valence-corrected chi connectivity index (χ1v) is 6.75. The Balaban J connectivity index is 2.18. The van der Waals surface area contributed by atoms with Crippen molar-refractivity contribution in [2.45, 2.75) is 45.0 Å². The van der Waals surface area contributed by atoms with Gasteiger partial charge in [-0.25, -0.2) is 9.18 Å². The van der Waals surface area contributed by atoms with Crippen LogP contribution in [0.1, 0.15) is 38.8 Å². The van der Waals surface area contributed by atoms with Crippen molar-refractivity contribution in [3.05, 3.63) is 29.8 Å². The van der Waals surface area contributed by atoms with Crippen LogP contribution in [0, 0.1) is 0 Å². The van der Waals surface area contributed by atoms with Crippen molar-refractivity contribution in [1.29, 1.82) is 0 Å². The zero-order valence-electron chi connectivity index (χ0n) is 12.1. The molecule has 2 unspecified atom stereocenters. The van der Waals surface area contributed by atoms with E-state index >= 15 is 0 Å². The molecule has 1 fully saturated rings. The van der Waals surface area contributed by atoms with E-state index in [4.69, 9.17) is 10.5 Å². The third kappa shape index (κ3) is 3.40. The molecule has 1 aliphatic heterocycles. The Hall–Kier alpha value is -1.78. The first-order chi connectivity index (χ1) is 9.26. The first-order valence-electron chi connectivity index (χ1n) is 6.75. The third-order valence-electron chi connectivity index (χ3n) is 3.20. The standard InChI is InChI=1S/C15H21FN2O2/c1-15(2,3)20-14(19)18-9-11(16)8-13(18)10-4-6-12(17)7-5-10/h4-7,11,13H,8-9,17H2,1-3H3. The molecule has 0 radical (unpaired) electrons. The number of ether oxygens (including phenoxy) is 1. The lowest BCUT2D eigenvalue weighted by Crippen LogP contribution is -2.36. The van der Waals surface area contributed by atoms with Crippen molar-refractivity contribution in [2.24, 2.45) is 0 Å². The number of halogens is 1. The lowest BCUT2D eigenvalue weighted by atomic mass is 10.0. The van der Waals surface area contributed by atoms with Crippen LogP contribution in [-0.4, -0.2) is 29.3 Å². The minimum Gasteiger partial charge on any atom is -0.444 e. The van der Waals surface area contributed by atoms with Gasteiger partial charge in [0, 0.05) is 12.1 Å². The second-order valence-corrected chi connectivity index (χ2v) is 6.15. The molecule has 20 heavy (non-hydrogen) atoms. The second kappa shape index (κ2) is 5.31. The third-order valence-corrected chi connectivity index (χ3v) is 3.20. The van der Waals surface area contributed by atoms with Crippen molar-refractivity contribution in [2.75, 3.05) is 12.3 Å². The van der Waals surface area contributed by atoms with E-state index in [0.717, 1.165) is 5.56 Å². The summed E-state index contributed by atoms with van der Waals surface area (Å²) in [4.78, 5) is 13.6. The Bertz CT molecular complexity index is 482. The Morgan fingerprint density at radius 2 is 1.95 bits per heavy atom. The highest BCUT2D eigenvalue weighted by Gasteiger charge is 2.38. The van der Waals surface area contributed by atoms with Crippen molar-refractivity contribution < 1.29 is 13.9 Å². The average molecular weight is 280 g/mol. The molecular weight excluding hydrogens is 259 g/mol. The van der Waals surface area contributed by atoms with Gasteiger partial charge in [0.25, 0.3) is 0 Å². The van der Waals surface area contributed by atoms with Gasteiger partial charge in [0.2, 0.25) is 0 Å². The molecule has 0 aromatic heterocycles. The van der Waals surface area contributed by atoms with Crippen LogP contribution in [0.4, 0.5) is 14.9 Å². The molecule has 1 heterocycles. The average Bonchev–Trinajstić information content (AvgIpc) is 2.70. The summed E-state index contributed by atoms with van der Waals surface area (Å²) in [5.41, 5.74) is 6.59. The smallest absolute Gasteiger partial charge is 0.410 e. The molecule has 2 rings (SSSR count). The van der Waals surface area contributed by atoms with Gasteiger partial charge in [-0.05, 0) is 38.5 Å². The fraction of sp³-hybridized carbons (Fsp3) is 0.533. The molecule has 0 spiro atoms. The van der Waals surface area contributed by atoms with E-state index < -0.39 is 17.9 Å². The summed E-state index contributed by atoms with van der Waals surface area (Å²) in [5.74, 6) is 0. The number of anilines is 1. The molecule has 110 valence electrons. The Morgan fingerprint density at radius 1 is 1.35 bits per heavy atom. The SMILES string of the molecule is CC(C)(C)OC(=O)N1CC(F)CC1c1ccc(N)cc1. The molecule has 1 aromatic carbocycles. The minimum absolute atomic E-state index is 0.0734. The topological polar surface area (TPSA) is 55.6 Å². The van der Waals surface area contributed by atoms with E-state index in [2.05, 4.69) is 0 Å². The quantitative estimate of drug-likeness (QED) is 0.803. The van der Waals surface area contributed by atoms with Crippen LogP contribution >= 0.6 is 0 Å². The van der Waals surface area contributed by atoms with Crippen LogP contribution in [0.2, 0.25) is 0 Å². The van der Waals surface area contributed by atoms with Crippen molar-refractivity contribution in [3.63, 3.8) is 0 Å². The number of nitrogen functional groups attached to an aromatic ring is 1. The summed E-state index contributed by atoms with van der Waals surface area (Å²) in [6.45, 7) is 5.47. The van der Waals surface area contributed by atoms with E-state index in [1.54, 1.807) is 32.9 Å². The molecule has 1 saturated heterocycles. The van der Waals surface area contributed by atoms with Crippen LogP contribution in [-0.2, 0) is 4.74 Å². The molecule has 2 N–H and O–H groups in total. The molecule has 1 amide bonds. The summed E-state index contributed by atoms with van der Waals surface area (Å²) in [7, 11) is 0. The maximum absolute atomic E-state index is 13.7. The second-order valence-electron chi connectivity index (χ2n) is 6.15. The highest BCUT2D eigenvalue weighted by Crippen LogP contribution is 2.34. The highest BCUT2D eigenvalue weighted by molar-refractivity contribution is 5.69. The molecule has 5 heteroatoms. The number of alkyl halides is 1. The van der Waals surface area contributed by atoms with E-state index in [0.29, 0.717) is 12.1 Å². The maximum atomic E-state index is 13.7. The van der Waals surface area contributed by atoms with Gasteiger partial charge >= 0.3 is 6.09 Å². The van der Waals surface area contributed by atoms with Crippen LogP contribution in [0.5, 0.6) is 0 Å². The van der Waals surface area contributed by atoms with Gasteiger partial charge in [-0.2, -0.15) is 0 Å². The lowest BCUT2D eigenvalue weighted by molar-refractivity contribution is 0.0216. The molecular formula is C15H21FN2O2. The van der Waals surface area contributed by atoms with Gasteiger partial charge in [-0.1, -0.05) is 12.1 Å². The number of hydrogen-bond acceptors (Lipinski definition) is 3. The van der Waals surface area contributed by atoms with Gasteiger partial charge in [-0.15, -0.1) is 0 Å². The van der Waals surface area contributed by atoms with E-state index in [1.807, 2.05) is 12.1 Å². The van der Waals surface area contributed by atoms with Gasteiger partial charge in [0.05, 0.1) is 12.6 Å². The summed E-state index contributed by atoms with van der Waals surface area (Å²) in [6, 6.07) is 6.88. The highest BCUT2D eigenvalue weighted by atomic mass is 19.1. The lowest BCUT2D eigenvalue weighted by Gasteiger charge is -2.28. The number of nitrogens with zero attached hydrogens (tertiary/aromatic N) is 1. The Morgan fingerprint density at radius 3 is 2.50 bits per heavy atom. The monoisotopic (exact) mass is 280 g/mol. The molecule has 2 atom stereocenters. The Labute approximate surface area is 118 Å². The normalized spacial score (nSPS) is 22.9. The van der Waals surface area contributed by atoms with Crippen LogP contribution in [0.3, 0.4) is 0 Å². The summed E-state index contributed by atoms with van der Waals surface area (Å²) >= 11 is 0. The van der Waals surface area contributed by atoms with E-state index in [-0.39, 0.29) is 12.6 Å². The zero-order valence-corrected chi connectivity index (χ0v) is 12.1. The van der Waals surface area contributed by atoms with Crippen molar-refractivity contribution in [1.82, 2.24) is 4.90 Å². The number of carbonyl (C=O) groups is 1. The van der Waals surface area contributed by atoms with Crippen LogP contribution in [0.25, 0.3) is 0 Å². The summed E-state index contributed by atoms with van der Waals surface area (Å²) in [6.07, 6.45) is -1.20. The number of rotatable bonds is 1. The number of likely N-dealkylation sites (tertiary alicyclic amines) is 1. The molecule has 1 aliphatic rings. The zero-order chi connectivity index (χ0) is 14.9. The molecule has 0 saturated carbocycles. The Kier molecular flexibility index (Phi) is 3.88. The summed E-state index contributed by atoms with van der Waals surface area (Å²) < 4.78 is 19.0. The number of benzene rings is 1. The van der Waals surface area contributed by atoms with Crippen molar-refractivity contribution in [3.8, 4) is 0 Å². The summed E-state index contributed by atoms with van der Waals surface area (Å²) in [5, 5.41) is 0. The predicted molar refractivity (Wildman–Crippen MR) is 76.0 cm³/mol. The fourth-order valence-corrected chi connectivity index (χ4v) is 2.34. The number of nitrogens with two attached hydrogens (primary N) is 1. The molecule has 1 aromatic rings. The predicted octanol–water partition coefficient (Wildman–Crippen LogP) is 3.29. The van der Waals surface area contributed by atoms with E-state index in [1.165, 1.54) is 4.90 Å². The first kappa shape index (κ1) is 14.6. The van der Waals surface area contributed by atoms with Gasteiger partial charge in [0.1, 0.15) is 11.8 Å². The minimum atomic E-state index is -1.02. The van der Waals surface area contributed by atoms with E-state index in [9.17, 15) is 9.18 Å². The number of amides is 1. The number of carbonyl (C=O) groups excluding carboxylic acids is 1.